The molecule has 8 heteroatoms. The van der Waals surface area contributed by atoms with Gasteiger partial charge in [-0.3, -0.25) is 4.99 Å². The zero-order chi connectivity index (χ0) is 19.2. The number of halogens is 2. The molecule has 142 valence electrons. The number of aryl methyl sites for hydroxylation is 1. The van der Waals surface area contributed by atoms with E-state index >= 15 is 0 Å². The van der Waals surface area contributed by atoms with Crippen molar-refractivity contribution in [2.75, 3.05) is 20.1 Å². The van der Waals surface area contributed by atoms with Crippen LogP contribution in [0.25, 0.3) is 0 Å². The second kappa shape index (κ2) is 9.24. The Bertz CT molecular complexity index is 754. The zero-order valence-corrected chi connectivity index (χ0v) is 17.2. The van der Waals surface area contributed by atoms with Gasteiger partial charge in [-0.25, -0.2) is 0 Å². The van der Waals surface area contributed by atoms with E-state index in [0.29, 0.717) is 16.6 Å². The lowest BCUT2D eigenvalue weighted by atomic mass is 9.84. The summed E-state index contributed by atoms with van der Waals surface area (Å²) in [6.45, 7) is 8.59. The van der Waals surface area contributed by atoms with Gasteiger partial charge in [-0.15, -0.1) is 10.2 Å². The minimum Gasteiger partial charge on any atom is -0.356 e. The van der Waals surface area contributed by atoms with Gasteiger partial charge in [0.15, 0.2) is 5.96 Å². The van der Waals surface area contributed by atoms with Crippen LogP contribution >= 0.6 is 23.2 Å². The van der Waals surface area contributed by atoms with Crippen LogP contribution in [0.3, 0.4) is 0 Å². The van der Waals surface area contributed by atoms with Gasteiger partial charge in [0, 0.05) is 38.5 Å². The van der Waals surface area contributed by atoms with Gasteiger partial charge < -0.3 is 15.2 Å². The number of aromatic nitrogens is 3. The van der Waals surface area contributed by atoms with Crippen LogP contribution in [-0.4, -0.2) is 40.9 Å². The molecule has 0 saturated carbocycles. The Morgan fingerprint density at radius 3 is 2.65 bits per heavy atom. The quantitative estimate of drug-likeness (QED) is 0.556. The van der Waals surface area contributed by atoms with Crippen LogP contribution in [-0.2, 0) is 18.4 Å². The summed E-state index contributed by atoms with van der Waals surface area (Å²) in [5, 5.41) is 15.9. The minimum absolute atomic E-state index is 0.129. The van der Waals surface area contributed by atoms with E-state index in [0.717, 1.165) is 36.9 Å². The number of nitrogens with one attached hydrogen (secondary N) is 2. The van der Waals surface area contributed by atoms with Gasteiger partial charge in [-0.2, -0.15) is 0 Å². The number of rotatable bonds is 7. The summed E-state index contributed by atoms with van der Waals surface area (Å²) in [4.78, 5) is 4.28. The first kappa shape index (κ1) is 20.5. The van der Waals surface area contributed by atoms with Crippen molar-refractivity contribution in [2.24, 2.45) is 4.99 Å². The molecule has 0 radical (unpaired) electrons. The van der Waals surface area contributed by atoms with Gasteiger partial charge in [0.1, 0.15) is 12.2 Å². The van der Waals surface area contributed by atoms with Crippen LogP contribution < -0.4 is 10.6 Å². The third kappa shape index (κ3) is 5.35. The van der Waals surface area contributed by atoms with Gasteiger partial charge in [-0.05, 0) is 17.7 Å². The minimum atomic E-state index is -0.129. The zero-order valence-electron chi connectivity index (χ0n) is 15.7. The average molecular weight is 397 g/mol. The van der Waals surface area contributed by atoms with E-state index in [1.807, 2.05) is 22.8 Å². The molecular weight excluding hydrogens is 371 g/mol. The Balaban J connectivity index is 1.88. The molecule has 0 bridgehead atoms. The molecule has 0 amide bonds. The largest absolute Gasteiger partial charge is 0.356 e. The Kier molecular flexibility index (Phi) is 7.29. The molecular formula is C18H26Cl2N6. The number of aliphatic imine (C=N–C) groups is 1. The normalized spacial score (nSPS) is 12.3. The molecule has 0 aliphatic heterocycles. The van der Waals surface area contributed by atoms with Gasteiger partial charge >= 0.3 is 0 Å². The van der Waals surface area contributed by atoms with E-state index < -0.39 is 0 Å². The van der Waals surface area contributed by atoms with Gasteiger partial charge in [0.25, 0.3) is 0 Å². The molecule has 0 saturated heterocycles. The summed E-state index contributed by atoms with van der Waals surface area (Å²) in [6.07, 6.45) is 2.62. The molecule has 0 spiro atoms. The summed E-state index contributed by atoms with van der Waals surface area (Å²) in [5.41, 5.74) is 0.988. The van der Waals surface area contributed by atoms with Crippen molar-refractivity contribution in [1.82, 2.24) is 25.4 Å². The van der Waals surface area contributed by atoms with Crippen molar-refractivity contribution in [1.29, 1.82) is 0 Å². The number of benzene rings is 1. The van der Waals surface area contributed by atoms with Crippen molar-refractivity contribution in [3.05, 3.63) is 46.0 Å². The summed E-state index contributed by atoms with van der Waals surface area (Å²) in [6, 6.07) is 5.75. The van der Waals surface area contributed by atoms with Crippen LogP contribution in [0.2, 0.25) is 10.0 Å². The predicted molar refractivity (Wildman–Crippen MR) is 108 cm³/mol. The maximum absolute atomic E-state index is 6.15. The van der Waals surface area contributed by atoms with E-state index in [1.54, 1.807) is 13.4 Å². The molecule has 1 heterocycles. The highest BCUT2D eigenvalue weighted by Gasteiger charge is 2.21. The number of hydrogen-bond donors (Lipinski definition) is 2. The molecule has 6 nitrogen and oxygen atoms in total. The monoisotopic (exact) mass is 396 g/mol. The van der Waals surface area contributed by atoms with Crippen LogP contribution in [0.4, 0.5) is 0 Å². The lowest BCUT2D eigenvalue weighted by Gasteiger charge is -2.27. The van der Waals surface area contributed by atoms with Crippen LogP contribution in [0.1, 0.15) is 32.2 Å². The van der Waals surface area contributed by atoms with Crippen molar-refractivity contribution < 1.29 is 0 Å². The number of guanidine groups is 1. The van der Waals surface area contributed by atoms with Crippen molar-refractivity contribution in [3.8, 4) is 0 Å². The Morgan fingerprint density at radius 1 is 1.23 bits per heavy atom. The molecule has 0 atom stereocenters. The molecule has 2 rings (SSSR count). The molecule has 0 aliphatic carbocycles. The molecule has 2 aromatic rings. The van der Waals surface area contributed by atoms with Crippen LogP contribution in [0.5, 0.6) is 0 Å². The molecule has 0 fully saturated rings. The highest BCUT2D eigenvalue weighted by atomic mass is 35.5. The third-order valence-electron chi connectivity index (χ3n) is 4.28. The summed E-state index contributed by atoms with van der Waals surface area (Å²) >= 11 is 12.2. The van der Waals surface area contributed by atoms with Crippen LogP contribution in [0, 0.1) is 0 Å². The van der Waals surface area contributed by atoms with Gasteiger partial charge in [-0.1, -0.05) is 50.0 Å². The first-order chi connectivity index (χ1) is 12.4. The predicted octanol–water partition coefficient (Wildman–Crippen LogP) is 3.29. The highest BCUT2D eigenvalue weighted by Crippen LogP contribution is 2.29. The van der Waals surface area contributed by atoms with Crippen molar-refractivity contribution in [3.63, 3.8) is 0 Å². The molecule has 0 unspecified atom stereocenters. The summed E-state index contributed by atoms with van der Waals surface area (Å²) in [7, 11) is 1.76. The smallest absolute Gasteiger partial charge is 0.191 e. The maximum Gasteiger partial charge on any atom is 0.191 e. The first-order valence-corrected chi connectivity index (χ1v) is 9.39. The Morgan fingerprint density at radius 2 is 2.00 bits per heavy atom. The van der Waals surface area contributed by atoms with Gasteiger partial charge in [0.2, 0.25) is 0 Å². The summed E-state index contributed by atoms with van der Waals surface area (Å²) in [5.74, 6) is 1.74. The Hall–Kier alpha value is -1.79. The molecule has 2 N–H and O–H groups in total. The summed E-state index contributed by atoms with van der Waals surface area (Å²) < 4.78 is 2.04. The Labute approximate surface area is 165 Å². The van der Waals surface area contributed by atoms with Crippen LogP contribution in [0.15, 0.2) is 29.5 Å². The standard InChI is InChI=1S/C18H26Cl2N6/c1-5-16-25-24-12-26(16)9-8-22-17(21-4)23-11-18(2,3)13-6-7-14(19)15(20)10-13/h6-7,10,12H,5,8-9,11H2,1-4H3,(H2,21,22,23). The molecule has 1 aromatic carbocycles. The first-order valence-electron chi connectivity index (χ1n) is 8.64. The van der Waals surface area contributed by atoms with E-state index in [2.05, 4.69) is 46.6 Å². The van der Waals surface area contributed by atoms with E-state index in [-0.39, 0.29) is 5.41 Å². The fourth-order valence-electron chi connectivity index (χ4n) is 2.58. The van der Waals surface area contributed by atoms with E-state index in [4.69, 9.17) is 23.2 Å². The lowest BCUT2D eigenvalue weighted by molar-refractivity contribution is 0.507. The molecule has 0 aliphatic rings. The number of nitrogens with zero attached hydrogens (tertiary/aromatic N) is 4. The number of hydrogen-bond acceptors (Lipinski definition) is 3. The fraction of sp³-hybridized carbons (Fsp3) is 0.500. The van der Waals surface area contributed by atoms with Crippen molar-refractivity contribution >= 4 is 29.2 Å². The highest BCUT2D eigenvalue weighted by molar-refractivity contribution is 6.42. The SMILES string of the molecule is CCc1nncn1CCNC(=NC)NCC(C)(C)c1ccc(Cl)c(Cl)c1. The van der Waals surface area contributed by atoms with E-state index in [9.17, 15) is 0 Å². The average Bonchev–Trinajstić information content (AvgIpc) is 3.07. The topological polar surface area (TPSA) is 67.1 Å². The molecule has 26 heavy (non-hydrogen) atoms. The maximum atomic E-state index is 6.15. The third-order valence-corrected chi connectivity index (χ3v) is 5.02. The van der Waals surface area contributed by atoms with Crippen molar-refractivity contribution in [2.45, 2.75) is 39.2 Å². The second-order valence-corrected chi connectivity index (χ2v) is 7.47. The second-order valence-electron chi connectivity index (χ2n) is 6.66. The van der Waals surface area contributed by atoms with E-state index in [1.165, 1.54) is 0 Å². The fourth-order valence-corrected chi connectivity index (χ4v) is 2.88. The lowest BCUT2D eigenvalue weighted by Crippen LogP contribution is -2.44. The molecule has 1 aromatic heterocycles. The van der Waals surface area contributed by atoms with Gasteiger partial charge in [0.05, 0.1) is 10.0 Å².